The maximum Gasteiger partial charge on any atom is 0.224 e. The van der Waals surface area contributed by atoms with Gasteiger partial charge in [0.15, 0.2) is 0 Å². The number of unbranched alkanes of at least 4 members (excludes halogenated alkanes) is 1. The maximum absolute atomic E-state index is 12.7. The van der Waals surface area contributed by atoms with E-state index in [0.29, 0.717) is 38.3 Å². The van der Waals surface area contributed by atoms with Crippen molar-refractivity contribution in [2.24, 2.45) is 5.92 Å². The van der Waals surface area contributed by atoms with Gasteiger partial charge in [0.25, 0.3) is 0 Å². The molecule has 30 heavy (non-hydrogen) atoms. The number of fused-ring (bicyclic) bond motifs is 1. The van der Waals surface area contributed by atoms with E-state index < -0.39 is 0 Å². The number of anilines is 1. The number of rotatable bonds is 11. The molecule has 1 aliphatic carbocycles. The van der Waals surface area contributed by atoms with Crippen LogP contribution in [-0.4, -0.2) is 48.1 Å². The predicted octanol–water partition coefficient (Wildman–Crippen LogP) is 3.91. The molecule has 1 aromatic rings. The molecule has 0 bridgehead atoms. The monoisotopic (exact) mass is 416 g/mol. The minimum atomic E-state index is 0.0670. The average Bonchev–Trinajstić information content (AvgIpc) is 2.77. The van der Waals surface area contributed by atoms with Gasteiger partial charge in [0.1, 0.15) is 5.75 Å². The molecule has 0 radical (unpaired) electrons. The molecule has 0 spiro atoms. The number of nitrogens with zero attached hydrogens (tertiary/aromatic N) is 1. The first-order valence-electron chi connectivity index (χ1n) is 11.6. The van der Waals surface area contributed by atoms with Gasteiger partial charge in [-0.05, 0) is 68.2 Å². The number of hydrogen-bond acceptors (Lipinski definition) is 4. The highest BCUT2D eigenvalue weighted by molar-refractivity contribution is 5.94. The second-order valence-corrected chi connectivity index (χ2v) is 8.59. The van der Waals surface area contributed by atoms with Crippen LogP contribution >= 0.6 is 0 Å². The highest BCUT2D eigenvalue weighted by Crippen LogP contribution is 2.27. The lowest BCUT2D eigenvalue weighted by atomic mass is 9.89. The van der Waals surface area contributed by atoms with E-state index >= 15 is 0 Å². The molecule has 0 atom stereocenters. The molecular formula is C24H36N2O4. The van der Waals surface area contributed by atoms with Crippen molar-refractivity contribution in [3.8, 4) is 5.75 Å². The van der Waals surface area contributed by atoms with Gasteiger partial charge in [0.2, 0.25) is 11.8 Å². The number of amides is 2. The van der Waals surface area contributed by atoms with Crippen LogP contribution in [-0.2, 0) is 16.0 Å². The van der Waals surface area contributed by atoms with E-state index in [9.17, 15) is 9.59 Å². The fourth-order valence-corrected chi connectivity index (χ4v) is 4.44. The van der Waals surface area contributed by atoms with Crippen molar-refractivity contribution >= 4 is 17.5 Å². The van der Waals surface area contributed by atoms with E-state index in [1.54, 1.807) is 0 Å². The standard InChI is InChI=1S/C24H36N2O4/c27-15-6-14-26(18-19-7-2-1-3-8-19)24(29)9-4-5-16-30-21-11-12-22-20(17-21)10-13-23(28)25-22/h11-12,17,19,27H,1-10,13-16,18H2,(H,25,28). The Hall–Kier alpha value is -2.08. The van der Waals surface area contributed by atoms with Crippen LogP contribution in [0, 0.1) is 5.92 Å². The summed E-state index contributed by atoms with van der Waals surface area (Å²) in [5, 5.41) is 12.0. The summed E-state index contributed by atoms with van der Waals surface area (Å²) >= 11 is 0. The van der Waals surface area contributed by atoms with Crippen molar-refractivity contribution in [3.63, 3.8) is 0 Å². The van der Waals surface area contributed by atoms with Crippen LogP contribution < -0.4 is 10.1 Å². The number of aliphatic hydroxyl groups excluding tert-OH is 1. The molecule has 6 heteroatoms. The minimum absolute atomic E-state index is 0.0670. The third-order valence-electron chi connectivity index (χ3n) is 6.17. The molecule has 2 amide bonds. The summed E-state index contributed by atoms with van der Waals surface area (Å²) in [5.41, 5.74) is 2.00. The Morgan fingerprint density at radius 3 is 2.77 bits per heavy atom. The first-order valence-corrected chi connectivity index (χ1v) is 11.6. The van der Waals surface area contributed by atoms with Crippen LogP contribution in [0.4, 0.5) is 5.69 Å². The molecule has 6 nitrogen and oxygen atoms in total. The number of benzene rings is 1. The zero-order chi connectivity index (χ0) is 21.2. The topological polar surface area (TPSA) is 78.9 Å². The molecule has 1 aromatic carbocycles. The zero-order valence-electron chi connectivity index (χ0n) is 18.0. The van der Waals surface area contributed by atoms with Crippen molar-refractivity contribution in [3.05, 3.63) is 23.8 Å². The van der Waals surface area contributed by atoms with Gasteiger partial charge in [-0.25, -0.2) is 0 Å². The number of carbonyl (C=O) groups is 2. The van der Waals surface area contributed by atoms with Gasteiger partial charge in [-0.1, -0.05) is 19.3 Å². The number of hydrogen-bond donors (Lipinski definition) is 2. The SMILES string of the molecule is O=C1CCc2cc(OCCCCC(=O)N(CCCO)CC3CCCCC3)ccc2N1. The molecule has 1 aliphatic heterocycles. The zero-order valence-corrected chi connectivity index (χ0v) is 18.0. The van der Waals surface area contributed by atoms with Gasteiger partial charge in [-0.3, -0.25) is 9.59 Å². The lowest BCUT2D eigenvalue weighted by molar-refractivity contribution is -0.132. The summed E-state index contributed by atoms with van der Waals surface area (Å²) in [6.45, 7) is 2.22. The molecule has 3 rings (SSSR count). The van der Waals surface area contributed by atoms with Gasteiger partial charge < -0.3 is 20.1 Å². The first-order chi connectivity index (χ1) is 14.7. The quantitative estimate of drug-likeness (QED) is 0.536. The molecule has 1 fully saturated rings. The highest BCUT2D eigenvalue weighted by Gasteiger charge is 2.20. The highest BCUT2D eigenvalue weighted by atomic mass is 16.5. The first kappa shape index (κ1) is 22.6. The fourth-order valence-electron chi connectivity index (χ4n) is 4.44. The van der Waals surface area contributed by atoms with Crippen LogP contribution in [0.3, 0.4) is 0 Å². The van der Waals surface area contributed by atoms with Gasteiger partial charge >= 0.3 is 0 Å². The number of carbonyl (C=O) groups excluding carboxylic acids is 2. The van der Waals surface area contributed by atoms with Crippen molar-refractivity contribution in [2.75, 3.05) is 31.6 Å². The van der Waals surface area contributed by atoms with Gasteiger partial charge in [0, 0.05) is 38.2 Å². The van der Waals surface area contributed by atoms with Gasteiger partial charge in [-0.2, -0.15) is 0 Å². The molecular weight excluding hydrogens is 380 g/mol. The summed E-state index contributed by atoms with van der Waals surface area (Å²) in [7, 11) is 0. The molecule has 0 saturated heterocycles. The molecule has 2 aliphatic rings. The Labute approximate surface area is 180 Å². The molecule has 0 unspecified atom stereocenters. The maximum atomic E-state index is 12.7. The van der Waals surface area contributed by atoms with Crippen LogP contribution in [0.25, 0.3) is 0 Å². The van der Waals surface area contributed by atoms with E-state index in [2.05, 4.69) is 5.32 Å². The van der Waals surface area contributed by atoms with Crippen molar-refractivity contribution < 1.29 is 19.4 Å². The smallest absolute Gasteiger partial charge is 0.224 e. The molecule has 1 heterocycles. The number of nitrogens with one attached hydrogen (secondary N) is 1. The van der Waals surface area contributed by atoms with E-state index in [1.165, 1.54) is 32.1 Å². The lowest BCUT2D eigenvalue weighted by Gasteiger charge is -2.30. The predicted molar refractivity (Wildman–Crippen MR) is 118 cm³/mol. The van der Waals surface area contributed by atoms with E-state index in [4.69, 9.17) is 9.84 Å². The third-order valence-corrected chi connectivity index (χ3v) is 6.17. The fraction of sp³-hybridized carbons (Fsp3) is 0.667. The minimum Gasteiger partial charge on any atom is -0.494 e. The number of aliphatic hydroxyl groups is 1. The number of aryl methyl sites for hydroxylation is 1. The second kappa shape index (κ2) is 11.9. The molecule has 0 aromatic heterocycles. The Balaban J connectivity index is 1.37. The van der Waals surface area contributed by atoms with E-state index in [0.717, 1.165) is 42.8 Å². The Bertz CT molecular complexity index is 700. The summed E-state index contributed by atoms with van der Waals surface area (Å²) < 4.78 is 5.86. The van der Waals surface area contributed by atoms with E-state index in [1.807, 2.05) is 23.1 Å². The average molecular weight is 417 g/mol. The second-order valence-electron chi connectivity index (χ2n) is 8.59. The Morgan fingerprint density at radius 1 is 1.13 bits per heavy atom. The summed E-state index contributed by atoms with van der Waals surface area (Å²) in [4.78, 5) is 26.1. The normalized spacial score (nSPS) is 16.6. The lowest BCUT2D eigenvalue weighted by Crippen LogP contribution is -2.37. The van der Waals surface area contributed by atoms with Crippen LogP contribution in [0.1, 0.15) is 69.8 Å². The van der Waals surface area contributed by atoms with Crippen LogP contribution in [0.5, 0.6) is 5.75 Å². The molecule has 1 saturated carbocycles. The van der Waals surface area contributed by atoms with Gasteiger partial charge in [-0.15, -0.1) is 0 Å². The van der Waals surface area contributed by atoms with E-state index in [-0.39, 0.29) is 18.4 Å². The van der Waals surface area contributed by atoms with Gasteiger partial charge in [0.05, 0.1) is 6.61 Å². The van der Waals surface area contributed by atoms with Crippen molar-refractivity contribution in [2.45, 2.75) is 70.6 Å². The Morgan fingerprint density at radius 2 is 1.97 bits per heavy atom. The molecule has 166 valence electrons. The van der Waals surface area contributed by atoms with Crippen LogP contribution in [0.2, 0.25) is 0 Å². The van der Waals surface area contributed by atoms with Crippen molar-refractivity contribution in [1.29, 1.82) is 0 Å². The number of ether oxygens (including phenoxy) is 1. The van der Waals surface area contributed by atoms with Crippen molar-refractivity contribution in [1.82, 2.24) is 4.90 Å². The Kier molecular flexibility index (Phi) is 9.00. The van der Waals surface area contributed by atoms with Crippen LogP contribution in [0.15, 0.2) is 18.2 Å². The molecule has 2 N–H and O–H groups in total. The third kappa shape index (κ3) is 7.01. The summed E-state index contributed by atoms with van der Waals surface area (Å²) in [6, 6.07) is 5.78. The largest absolute Gasteiger partial charge is 0.494 e. The summed E-state index contributed by atoms with van der Waals surface area (Å²) in [6.07, 6.45) is 10.4. The summed E-state index contributed by atoms with van der Waals surface area (Å²) in [5.74, 6) is 1.72.